The van der Waals surface area contributed by atoms with Gasteiger partial charge >= 0.3 is 0 Å². The molecular weight excluding hydrogens is 473 g/mol. The summed E-state index contributed by atoms with van der Waals surface area (Å²) in [5, 5.41) is 0. The molecule has 0 spiro atoms. The topological polar surface area (TPSA) is 37.4 Å². The van der Waals surface area contributed by atoms with Crippen molar-refractivity contribution in [3.63, 3.8) is 0 Å². The lowest BCUT2D eigenvalue weighted by Gasteiger charge is -2.52. The molecule has 3 aromatic rings. The Balaban J connectivity index is 1.63. The van der Waals surface area contributed by atoms with Crippen molar-refractivity contribution in [3.05, 3.63) is 98.6 Å². The van der Waals surface area contributed by atoms with E-state index in [1.807, 2.05) is 48.5 Å². The summed E-state index contributed by atoms with van der Waals surface area (Å²) in [6.07, 6.45) is 0. The van der Waals surface area contributed by atoms with E-state index in [4.69, 9.17) is 0 Å². The predicted molar refractivity (Wildman–Crippen MR) is 120 cm³/mol. The second-order valence-electron chi connectivity index (χ2n) is 8.35. The summed E-state index contributed by atoms with van der Waals surface area (Å²) < 4.78 is 1.01. The van der Waals surface area contributed by atoms with E-state index < -0.39 is 5.41 Å². The molecule has 3 nitrogen and oxygen atoms in total. The molecule has 0 radical (unpaired) electrons. The Morgan fingerprint density at radius 1 is 0.828 bits per heavy atom. The van der Waals surface area contributed by atoms with Crippen molar-refractivity contribution in [2.24, 2.45) is 11.8 Å². The standard InChI is InChI=1S/C25H18INO2/c1-25-18-11-4-2-9-16(18)20(17-10-3-5-12-19(17)25)21-22(25)24(29)27(23(21)28)15-8-6-7-14(26)13-15/h2-13,20-22H,1H3/t20?,21-,22-,25?/m1/s1. The maximum absolute atomic E-state index is 13.8. The van der Waals surface area contributed by atoms with Gasteiger partial charge in [-0.15, -0.1) is 0 Å². The molecule has 4 aliphatic rings. The third-order valence-corrected chi connectivity index (χ3v) is 7.78. The first kappa shape index (κ1) is 17.4. The molecule has 3 aromatic carbocycles. The van der Waals surface area contributed by atoms with Crippen LogP contribution in [0.25, 0.3) is 0 Å². The quantitative estimate of drug-likeness (QED) is 0.360. The Bertz CT molecular complexity index is 1170. The first-order valence-electron chi connectivity index (χ1n) is 9.85. The number of hydrogen-bond donors (Lipinski definition) is 0. The van der Waals surface area contributed by atoms with E-state index >= 15 is 0 Å². The lowest BCUT2D eigenvalue weighted by atomic mass is 9.48. The summed E-state index contributed by atoms with van der Waals surface area (Å²) in [6, 6.07) is 24.4. The fourth-order valence-corrected chi connectivity index (χ4v) is 6.55. The average Bonchev–Trinajstić information content (AvgIpc) is 3.00. The zero-order valence-corrected chi connectivity index (χ0v) is 18.0. The van der Waals surface area contributed by atoms with Gasteiger partial charge < -0.3 is 0 Å². The lowest BCUT2D eigenvalue weighted by molar-refractivity contribution is -0.123. The van der Waals surface area contributed by atoms with Crippen molar-refractivity contribution in [3.8, 4) is 0 Å². The normalized spacial score (nSPS) is 28.9. The van der Waals surface area contributed by atoms with Gasteiger partial charge in [0.05, 0.1) is 17.5 Å². The van der Waals surface area contributed by atoms with Crippen LogP contribution in [-0.4, -0.2) is 11.8 Å². The van der Waals surface area contributed by atoms with E-state index in [9.17, 15) is 9.59 Å². The molecule has 0 saturated carbocycles. The molecule has 2 amide bonds. The number of carbonyl (C=O) groups excluding carboxylic acids is 2. The minimum absolute atomic E-state index is 0.0674. The first-order valence-corrected chi connectivity index (χ1v) is 10.9. The maximum atomic E-state index is 13.8. The van der Waals surface area contributed by atoms with Crippen LogP contribution in [0.5, 0.6) is 0 Å². The third-order valence-electron chi connectivity index (χ3n) is 7.11. The monoisotopic (exact) mass is 491 g/mol. The number of halogens is 1. The van der Waals surface area contributed by atoms with Crippen molar-refractivity contribution in [1.82, 2.24) is 0 Å². The Morgan fingerprint density at radius 3 is 2.07 bits per heavy atom. The minimum atomic E-state index is -0.504. The highest BCUT2D eigenvalue weighted by Crippen LogP contribution is 2.64. The fraction of sp³-hybridized carbons (Fsp3) is 0.200. The second-order valence-corrected chi connectivity index (χ2v) is 9.60. The molecule has 2 bridgehead atoms. The number of imide groups is 1. The van der Waals surface area contributed by atoms with Gasteiger partial charge in [-0.1, -0.05) is 61.5 Å². The molecule has 2 atom stereocenters. The van der Waals surface area contributed by atoms with Crippen molar-refractivity contribution >= 4 is 40.1 Å². The van der Waals surface area contributed by atoms with Gasteiger partial charge in [-0.25, -0.2) is 4.90 Å². The van der Waals surface area contributed by atoms with Crippen molar-refractivity contribution in [2.45, 2.75) is 18.3 Å². The van der Waals surface area contributed by atoms with Crippen LogP contribution in [-0.2, 0) is 15.0 Å². The number of hydrogen-bond acceptors (Lipinski definition) is 2. The summed E-state index contributed by atoms with van der Waals surface area (Å²) in [4.78, 5) is 28.9. The highest BCUT2D eigenvalue weighted by molar-refractivity contribution is 14.1. The van der Waals surface area contributed by atoms with E-state index in [1.165, 1.54) is 27.2 Å². The van der Waals surface area contributed by atoms with Gasteiger partial charge in [-0.2, -0.15) is 0 Å². The molecule has 4 heteroatoms. The molecule has 1 fully saturated rings. The van der Waals surface area contributed by atoms with Crippen molar-refractivity contribution < 1.29 is 9.59 Å². The highest BCUT2D eigenvalue weighted by atomic mass is 127. The van der Waals surface area contributed by atoms with Crippen LogP contribution in [0.15, 0.2) is 72.8 Å². The van der Waals surface area contributed by atoms with E-state index in [0.29, 0.717) is 5.69 Å². The summed E-state index contributed by atoms with van der Waals surface area (Å²) in [5.74, 6) is -0.933. The molecule has 1 heterocycles. The van der Waals surface area contributed by atoms with Gasteiger partial charge in [0.2, 0.25) is 11.8 Å². The van der Waals surface area contributed by atoms with Crippen LogP contribution in [0.2, 0.25) is 0 Å². The molecule has 3 aliphatic carbocycles. The Morgan fingerprint density at radius 2 is 1.45 bits per heavy atom. The molecule has 1 saturated heterocycles. The van der Waals surface area contributed by atoms with E-state index in [0.717, 1.165) is 3.57 Å². The lowest BCUT2D eigenvalue weighted by Crippen LogP contribution is -2.51. The maximum Gasteiger partial charge on any atom is 0.238 e. The largest absolute Gasteiger partial charge is 0.274 e. The third kappa shape index (κ3) is 2.03. The van der Waals surface area contributed by atoms with Crippen LogP contribution in [0.1, 0.15) is 35.1 Å². The number of benzene rings is 3. The van der Waals surface area contributed by atoms with Gasteiger partial charge in [-0.3, -0.25) is 9.59 Å². The zero-order chi connectivity index (χ0) is 19.9. The Kier molecular flexibility index (Phi) is 3.47. The summed E-state index contributed by atoms with van der Waals surface area (Å²) in [6.45, 7) is 2.15. The van der Waals surface area contributed by atoms with Gasteiger partial charge in [0.1, 0.15) is 0 Å². The van der Waals surface area contributed by atoms with Crippen LogP contribution >= 0.6 is 22.6 Å². The summed E-state index contributed by atoms with van der Waals surface area (Å²) >= 11 is 2.22. The van der Waals surface area contributed by atoms with Crippen LogP contribution < -0.4 is 4.90 Å². The average molecular weight is 491 g/mol. The van der Waals surface area contributed by atoms with Crippen LogP contribution in [0.3, 0.4) is 0 Å². The van der Waals surface area contributed by atoms with Gasteiger partial charge in [-0.05, 0) is 63.0 Å². The van der Waals surface area contributed by atoms with E-state index in [2.05, 4.69) is 53.8 Å². The molecule has 1 aliphatic heterocycles. The molecule has 0 unspecified atom stereocenters. The summed E-state index contributed by atoms with van der Waals surface area (Å²) in [5.41, 5.74) is 4.94. The number of amides is 2. The van der Waals surface area contributed by atoms with E-state index in [1.54, 1.807) is 0 Å². The molecular formula is C25H18INO2. The van der Waals surface area contributed by atoms with Crippen LogP contribution in [0.4, 0.5) is 5.69 Å². The molecule has 7 rings (SSSR count). The number of anilines is 1. The fourth-order valence-electron chi connectivity index (χ4n) is 6.02. The number of carbonyl (C=O) groups is 2. The summed E-state index contributed by atoms with van der Waals surface area (Å²) in [7, 11) is 0. The van der Waals surface area contributed by atoms with Crippen LogP contribution in [0, 0.1) is 15.4 Å². The molecule has 0 N–H and O–H groups in total. The van der Waals surface area contributed by atoms with Gasteiger partial charge in [0, 0.05) is 14.9 Å². The second kappa shape index (κ2) is 5.79. The molecule has 142 valence electrons. The SMILES string of the molecule is CC12c3ccccc3C(c3ccccc31)[C@H]1C(=O)N(c3cccc(I)c3)C(=O)[C@@H]12. The molecule has 0 aromatic heterocycles. The number of rotatable bonds is 1. The van der Waals surface area contributed by atoms with Crippen molar-refractivity contribution in [1.29, 1.82) is 0 Å². The Hall–Kier alpha value is -2.47. The highest BCUT2D eigenvalue weighted by Gasteiger charge is 2.66. The smallest absolute Gasteiger partial charge is 0.238 e. The predicted octanol–water partition coefficient (Wildman–Crippen LogP) is 4.86. The number of nitrogens with zero attached hydrogens (tertiary/aromatic N) is 1. The Labute approximate surface area is 182 Å². The van der Waals surface area contributed by atoms with Gasteiger partial charge in [0.25, 0.3) is 0 Å². The molecule has 29 heavy (non-hydrogen) atoms. The minimum Gasteiger partial charge on any atom is -0.274 e. The zero-order valence-electron chi connectivity index (χ0n) is 15.8. The van der Waals surface area contributed by atoms with Crippen molar-refractivity contribution in [2.75, 3.05) is 4.90 Å². The van der Waals surface area contributed by atoms with E-state index in [-0.39, 0.29) is 29.6 Å². The van der Waals surface area contributed by atoms with Gasteiger partial charge in [0.15, 0.2) is 0 Å². The first-order chi connectivity index (χ1) is 14.0.